The maximum atomic E-state index is 12.1. The fourth-order valence-electron chi connectivity index (χ4n) is 4.08. The fourth-order valence-corrected chi connectivity index (χ4v) is 4.69. The minimum Gasteiger partial charge on any atom is -0.481 e. The molecule has 1 N–H and O–H groups in total. The molecule has 0 amide bonds. The van der Waals surface area contributed by atoms with Crippen molar-refractivity contribution in [3.05, 3.63) is 0 Å². The molecule has 0 saturated carbocycles. The predicted octanol–water partition coefficient (Wildman–Crippen LogP) is 5.37. The van der Waals surface area contributed by atoms with Crippen molar-refractivity contribution < 1.29 is 19.2 Å². The van der Waals surface area contributed by atoms with Gasteiger partial charge in [-0.1, -0.05) is 64.3 Å². The summed E-state index contributed by atoms with van der Waals surface area (Å²) in [5, 5.41) is 9.35. The maximum Gasteiger partial charge on any atom is 0.308 e. The minimum atomic E-state index is -0.762. The average molecular weight is 378 g/mol. The van der Waals surface area contributed by atoms with Gasteiger partial charge < -0.3 is 9.63 Å². The zero-order valence-corrected chi connectivity index (χ0v) is 18.6. The highest BCUT2D eigenvalue weighted by Crippen LogP contribution is 2.55. The summed E-state index contributed by atoms with van der Waals surface area (Å²) in [6.45, 7) is 17.1. The van der Waals surface area contributed by atoms with Crippen molar-refractivity contribution in [2.45, 2.75) is 68.2 Å². The number of carbonyl (C=O) groups excluding carboxylic acids is 1. The van der Waals surface area contributed by atoms with Crippen LogP contribution in [0.25, 0.3) is 0 Å². The molecule has 142 valence electrons. The first kappa shape index (κ1) is 23.8. The third kappa shape index (κ3) is 5.95. The normalized spacial score (nSPS) is 16.0. The van der Waals surface area contributed by atoms with Gasteiger partial charge in [-0.05, 0) is 34.5 Å². The van der Waals surface area contributed by atoms with Gasteiger partial charge in [-0.25, -0.2) is 0 Å². The van der Waals surface area contributed by atoms with Crippen LogP contribution in [0.3, 0.4) is 0 Å². The van der Waals surface area contributed by atoms with Gasteiger partial charge >= 0.3 is 11.9 Å². The van der Waals surface area contributed by atoms with Crippen LogP contribution in [0.15, 0.2) is 0 Å². The van der Waals surface area contributed by atoms with E-state index in [0.29, 0.717) is 12.3 Å². The van der Waals surface area contributed by atoms with Crippen molar-refractivity contribution >= 4 is 29.4 Å². The second kappa shape index (κ2) is 9.48. The van der Waals surface area contributed by atoms with Crippen LogP contribution in [-0.4, -0.2) is 17.0 Å². The second-order valence-corrected chi connectivity index (χ2v) is 9.69. The Morgan fingerprint density at radius 3 is 1.62 bits per heavy atom. The van der Waals surface area contributed by atoms with Gasteiger partial charge in [0.15, 0.2) is 0 Å². The maximum absolute atomic E-state index is 12.1. The summed E-state index contributed by atoms with van der Waals surface area (Å²) in [6.07, 6.45) is 0.518. The number of hydrogen-bond acceptors (Lipinski definition) is 3. The number of hydrogen-bond donors (Lipinski definition) is 1. The van der Waals surface area contributed by atoms with Crippen LogP contribution in [0.4, 0.5) is 0 Å². The molecule has 0 rings (SSSR count). The lowest BCUT2D eigenvalue weighted by atomic mass is 9.51. The van der Waals surface area contributed by atoms with E-state index >= 15 is 0 Å². The Labute approximate surface area is 151 Å². The third-order valence-corrected chi connectivity index (χ3v) is 6.78. The van der Waals surface area contributed by atoms with Gasteiger partial charge in [-0.2, -0.15) is 0 Å². The number of rotatable bonds is 10. The minimum absolute atomic E-state index is 0.0332. The Morgan fingerprint density at radius 2 is 1.33 bits per heavy atom. The van der Waals surface area contributed by atoms with Crippen molar-refractivity contribution in [3.8, 4) is 0 Å². The average Bonchev–Trinajstić information content (AvgIpc) is 2.41. The molecule has 0 spiro atoms. The molecule has 24 heavy (non-hydrogen) atoms. The van der Waals surface area contributed by atoms with Gasteiger partial charge in [-0.3, -0.25) is 9.59 Å². The van der Waals surface area contributed by atoms with E-state index in [4.69, 9.17) is 4.52 Å². The van der Waals surface area contributed by atoms with E-state index in [-0.39, 0.29) is 49.5 Å². The molecule has 6 heteroatoms. The van der Waals surface area contributed by atoms with Crippen LogP contribution in [-0.2, 0) is 14.1 Å². The highest BCUT2D eigenvalue weighted by Gasteiger charge is 2.49. The number of carboxylic acid groups (broad SMARTS) is 1. The number of carboxylic acids is 1. The molecule has 4 unspecified atom stereocenters. The van der Waals surface area contributed by atoms with E-state index in [1.807, 2.05) is 0 Å². The van der Waals surface area contributed by atoms with Crippen molar-refractivity contribution in [3.63, 3.8) is 0 Å². The Morgan fingerprint density at radius 1 is 0.958 bits per heavy atom. The molecule has 0 aromatic heterocycles. The molecule has 0 aliphatic rings. The molecule has 0 fully saturated rings. The molecule has 4 nitrogen and oxygen atoms in total. The van der Waals surface area contributed by atoms with E-state index < -0.39 is 5.97 Å². The van der Waals surface area contributed by atoms with Gasteiger partial charge in [0.2, 0.25) is 0 Å². The van der Waals surface area contributed by atoms with E-state index in [9.17, 15) is 14.7 Å². The van der Waals surface area contributed by atoms with Crippen LogP contribution in [0, 0.1) is 34.5 Å². The lowest BCUT2D eigenvalue weighted by molar-refractivity contribution is -0.145. The topological polar surface area (TPSA) is 63.6 Å². The highest BCUT2D eigenvalue weighted by molar-refractivity contribution is 8.00. The highest BCUT2D eigenvalue weighted by atomic mass is 32.0. The molecular formula is C18H36O4P2. The van der Waals surface area contributed by atoms with E-state index in [0.717, 1.165) is 0 Å². The van der Waals surface area contributed by atoms with Crippen LogP contribution < -0.4 is 0 Å². The summed E-state index contributed by atoms with van der Waals surface area (Å²) in [6, 6.07) is 0. The Bertz CT molecular complexity index is 431. The van der Waals surface area contributed by atoms with Gasteiger partial charge in [0.25, 0.3) is 0 Å². The van der Waals surface area contributed by atoms with Gasteiger partial charge in [0.05, 0.1) is 8.50 Å². The Balaban J connectivity index is 5.72. The van der Waals surface area contributed by atoms with E-state index in [1.54, 1.807) is 0 Å². The molecule has 0 aromatic rings. The summed E-state index contributed by atoms with van der Waals surface area (Å²) in [5.41, 5.74) is -0.452. The molecule has 0 aromatic carbocycles. The van der Waals surface area contributed by atoms with Crippen LogP contribution in [0.5, 0.6) is 0 Å². The fraction of sp³-hybridized carbons (Fsp3) is 0.889. The monoisotopic (exact) mass is 378 g/mol. The number of aliphatic carboxylic acids is 1. The van der Waals surface area contributed by atoms with Crippen molar-refractivity contribution in [1.82, 2.24) is 0 Å². The molecular weight excluding hydrogens is 342 g/mol. The van der Waals surface area contributed by atoms with Crippen LogP contribution in [0.2, 0.25) is 0 Å². The van der Waals surface area contributed by atoms with Crippen molar-refractivity contribution in [2.75, 3.05) is 0 Å². The molecule has 0 radical (unpaired) electrons. The lowest BCUT2D eigenvalue weighted by Gasteiger charge is -2.53. The molecule has 4 atom stereocenters. The summed E-state index contributed by atoms with van der Waals surface area (Å²) in [7, 11) is 2.51. The summed E-state index contributed by atoms with van der Waals surface area (Å²) in [4.78, 5) is 23.5. The quantitative estimate of drug-likeness (QED) is 0.519. The predicted molar refractivity (Wildman–Crippen MR) is 105 cm³/mol. The smallest absolute Gasteiger partial charge is 0.308 e. The molecule has 0 heterocycles. The van der Waals surface area contributed by atoms with Crippen molar-refractivity contribution in [1.29, 1.82) is 0 Å². The molecule has 0 saturated heterocycles. The zero-order valence-electron chi connectivity index (χ0n) is 16.5. The largest absolute Gasteiger partial charge is 0.481 e. The first-order valence-electron chi connectivity index (χ1n) is 8.66. The number of carbonyl (C=O) groups is 2. The SMILES string of the molecule is CC(C)C(CC(=O)O)C(C)(C)C(C)(C)C(CC(=O)OPP)C(C)C. The van der Waals surface area contributed by atoms with Gasteiger partial charge in [0.1, 0.15) is 0 Å². The Hall–Kier alpha value is -0.200. The summed E-state index contributed by atoms with van der Waals surface area (Å²) in [5.74, 6) is -0.226. The van der Waals surface area contributed by atoms with E-state index in [2.05, 4.69) is 64.3 Å². The zero-order chi connectivity index (χ0) is 19.3. The molecule has 0 aliphatic heterocycles. The second-order valence-electron chi connectivity index (χ2n) is 8.54. The standard InChI is InChI=1S/C18H36O4P2/c1-11(2)13(9-15(19)20)17(5,6)18(7,8)14(12(3)4)10-16(21)22-24-23/h11-14,24H,9-10,23H2,1-8H3,(H,19,20). The third-order valence-electron chi connectivity index (χ3n) is 6.08. The first-order chi connectivity index (χ1) is 10.8. The molecule has 0 bridgehead atoms. The van der Waals surface area contributed by atoms with Gasteiger partial charge in [-0.15, -0.1) is 0 Å². The van der Waals surface area contributed by atoms with Crippen LogP contribution in [0.1, 0.15) is 68.2 Å². The summed E-state index contributed by atoms with van der Waals surface area (Å²) >= 11 is 0. The first-order valence-corrected chi connectivity index (χ1v) is 11.4. The summed E-state index contributed by atoms with van der Waals surface area (Å²) < 4.78 is 5.16. The lowest BCUT2D eigenvalue weighted by Crippen LogP contribution is -2.48. The van der Waals surface area contributed by atoms with E-state index in [1.165, 1.54) is 0 Å². The Kier molecular flexibility index (Phi) is 9.41. The van der Waals surface area contributed by atoms with Crippen LogP contribution >= 0.6 is 17.4 Å². The molecule has 0 aliphatic carbocycles. The van der Waals surface area contributed by atoms with Crippen molar-refractivity contribution in [2.24, 2.45) is 34.5 Å². The van der Waals surface area contributed by atoms with Gasteiger partial charge in [0, 0.05) is 12.8 Å².